The molecule has 1 amide bonds. The molecule has 0 aliphatic carbocycles. The second kappa shape index (κ2) is 8.68. The van der Waals surface area contributed by atoms with Gasteiger partial charge in [-0.2, -0.15) is 0 Å². The minimum atomic E-state index is -0.404. The number of nitrogens with one attached hydrogen (secondary N) is 1. The minimum absolute atomic E-state index is 0.0657. The van der Waals surface area contributed by atoms with Gasteiger partial charge in [0.05, 0.1) is 5.75 Å². The normalized spacial score (nSPS) is 10.6. The van der Waals surface area contributed by atoms with Crippen molar-refractivity contribution in [2.24, 2.45) is 0 Å². The van der Waals surface area contributed by atoms with Crippen molar-refractivity contribution >= 4 is 23.4 Å². The summed E-state index contributed by atoms with van der Waals surface area (Å²) in [6.07, 6.45) is 0. The maximum Gasteiger partial charge on any atom is 0.277 e. The fourth-order valence-corrected chi connectivity index (χ4v) is 2.84. The predicted octanol–water partition coefficient (Wildman–Crippen LogP) is 4.14. The average Bonchev–Trinajstić information content (AvgIpc) is 3.10. The molecule has 0 aliphatic heterocycles. The van der Waals surface area contributed by atoms with Crippen LogP contribution in [-0.2, 0) is 11.4 Å². The van der Waals surface area contributed by atoms with E-state index in [-0.39, 0.29) is 23.5 Å². The minimum Gasteiger partial charge on any atom is -0.484 e. The number of carbonyl (C=O) groups excluding carboxylic acids is 1. The van der Waals surface area contributed by atoms with E-state index >= 15 is 0 Å². The Morgan fingerprint density at radius 2 is 2.00 bits per heavy atom. The van der Waals surface area contributed by atoms with Crippen molar-refractivity contribution in [3.8, 4) is 5.75 Å². The lowest BCUT2D eigenvalue weighted by atomic mass is 10.2. The van der Waals surface area contributed by atoms with Crippen molar-refractivity contribution in [2.45, 2.75) is 25.7 Å². The Morgan fingerprint density at radius 1 is 1.19 bits per heavy atom. The number of ether oxygens (including phenoxy) is 1. The Hall–Kier alpha value is -2.87. The molecule has 3 aromatic rings. The van der Waals surface area contributed by atoms with Crippen molar-refractivity contribution in [1.29, 1.82) is 0 Å². The van der Waals surface area contributed by atoms with Crippen LogP contribution < -0.4 is 10.1 Å². The number of hydrogen-bond acceptors (Lipinski definition) is 6. The third-order valence-electron chi connectivity index (χ3n) is 3.69. The molecule has 0 saturated carbocycles. The molecule has 3 rings (SSSR count). The molecule has 8 heteroatoms. The average molecular weight is 387 g/mol. The second-order valence-corrected chi connectivity index (χ2v) is 6.74. The molecule has 0 unspecified atom stereocenters. The first-order valence-corrected chi connectivity index (χ1v) is 9.19. The fraction of sp³-hybridized carbons (Fsp3) is 0.211. The van der Waals surface area contributed by atoms with Crippen molar-refractivity contribution in [2.75, 3.05) is 11.1 Å². The van der Waals surface area contributed by atoms with Crippen LogP contribution in [0.1, 0.15) is 17.0 Å². The second-order valence-electron chi connectivity index (χ2n) is 5.81. The number of amides is 1. The number of halogens is 1. The predicted molar refractivity (Wildman–Crippen MR) is 100 cm³/mol. The van der Waals surface area contributed by atoms with Crippen LogP contribution in [0.4, 0.5) is 10.1 Å². The van der Waals surface area contributed by atoms with Crippen LogP contribution in [0.2, 0.25) is 0 Å². The van der Waals surface area contributed by atoms with Crippen molar-refractivity contribution in [1.82, 2.24) is 10.2 Å². The van der Waals surface area contributed by atoms with Crippen LogP contribution in [0.25, 0.3) is 0 Å². The highest BCUT2D eigenvalue weighted by molar-refractivity contribution is 7.99. The van der Waals surface area contributed by atoms with E-state index in [1.165, 1.54) is 12.1 Å². The Labute approximate surface area is 160 Å². The molecule has 0 saturated heterocycles. The topological polar surface area (TPSA) is 77.2 Å². The van der Waals surface area contributed by atoms with Crippen molar-refractivity contribution in [3.63, 3.8) is 0 Å². The number of carbonyl (C=O) groups is 1. The van der Waals surface area contributed by atoms with Crippen LogP contribution in [0.5, 0.6) is 5.75 Å². The zero-order chi connectivity index (χ0) is 19.2. The van der Waals surface area contributed by atoms with Gasteiger partial charge in [-0.3, -0.25) is 4.79 Å². The van der Waals surface area contributed by atoms with Gasteiger partial charge in [-0.25, -0.2) is 4.39 Å². The molecule has 27 heavy (non-hydrogen) atoms. The lowest BCUT2D eigenvalue weighted by Crippen LogP contribution is -2.15. The number of rotatable bonds is 7. The maximum atomic E-state index is 13.3. The molecule has 0 fully saturated rings. The molecule has 0 atom stereocenters. The highest BCUT2D eigenvalue weighted by Crippen LogP contribution is 2.21. The van der Waals surface area contributed by atoms with E-state index in [0.29, 0.717) is 11.6 Å². The number of nitrogens with zero attached hydrogens (tertiary/aromatic N) is 2. The summed E-state index contributed by atoms with van der Waals surface area (Å²) in [4.78, 5) is 12.0. The van der Waals surface area contributed by atoms with Gasteiger partial charge in [0.25, 0.3) is 11.1 Å². The van der Waals surface area contributed by atoms with Crippen molar-refractivity contribution < 1.29 is 18.3 Å². The van der Waals surface area contributed by atoms with Gasteiger partial charge in [0.1, 0.15) is 11.6 Å². The number of anilines is 1. The number of benzene rings is 2. The summed E-state index contributed by atoms with van der Waals surface area (Å²) in [6, 6.07) is 11.9. The Morgan fingerprint density at radius 3 is 2.81 bits per heavy atom. The largest absolute Gasteiger partial charge is 0.484 e. The van der Waals surface area contributed by atoms with Crippen LogP contribution in [0.3, 0.4) is 0 Å². The van der Waals surface area contributed by atoms with E-state index in [1.54, 1.807) is 13.0 Å². The highest BCUT2D eigenvalue weighted by Gasteiger charge is 2.12. The van der Waals surface area contributed by atoms with Crippen LogP contribution in [0.15, 0.2) is 52.1 Å². The Balaban J connectivity index is 1.50. The molecule has 2 aromatic carbocycles. The summed E-state index contributed by atoms with van der Waals surface area (Å²) in [7, 11) is 0. The number of aromatic nitrogens is 2. The number of hydrogen-bond donors (Lipinski definition) is 1. The number of aryl methyl sites for hydroxylation is 2. The zero-order valence-corrected chi connectivity index (χ0v) is 15.7. The lowest BCUT2D eigenvalue weighted by Gasteiger charge is -2.07. The van der Waals surface area contributed by atoms with Gasteiger partial charge in [0, 0.05) is 5.69 Å². The summed E-state index contributed by atoms with van der Waals surface area (Å²) in [5.41, 5.74) is 2.23. The first-order chi connectivity index (χ1) is 13.0. The Bertz CT molecular complexity index is 945. The molecular weight excluding hydrogens is 369 g/mol. The first kappa shape index (κ1) is 18.9. The van der Waals surface area contributed by atoms with Gasteiger partial charge in [0.15, 0.2) is 6.61 Å². The molecule has 140 valence electrons. The van der Waals surface area contributed by atoms with Crippen LogP contribution in [-0.4, -0.2) is 21.9 Å². The van der Waals surface area contributed by atoms with Crippen molar-refractivity contribution in [3.05, 3.63) is 65.3 Å². The quantitative estimate of drug-likeness (QED) is 0.614. The smallest absolute Gasteiger partial charge is 0.277 e. The van der Waals surface area contributed by atoms with E-state index in [2.05, 4.69) is 15.5 Å². The molecule has 0 aliphatic rings. The van der Waals surface area contributed by atoms with Crippen LogP contribution in [0, 0.1) is 19.7 Å². The fourth-order valence-electron chi connectivity index (χ4n) is 2.26. The number of thioether (sulfide) groups is 1. The van der Waals surface area contributed by atoms with E-state index < -0.39 is 5.82 Å². The molecule has 0 radical (unpaired) electrons. The van der Waals surface area contributed by atoms with E-state index in [0.717, 1.165) is 28.6 Å². The Kier molecular flexibility index (Phi) is 6.08. The summed E-state index contributed by atoms with van der Waals surface area (Å²) < 4.78 is 24.4. The summed E-state index contributed by atoms with van der Waals surface area (Å²) >= 11 is 1.10. The molecule has 1 heterocycles. The van der Waals surface area contributed by atoms with Gasteiger partial charge in [-0.15, -0.1) is 10.2 Å². The molecule has 0 bridgehead atoms. The monoisotopic (exact) mass is 387 g/mol. The summed E-state index contributed by atoms with van der Waals surface area (Å²) in [5, 5.41) is 10.7. The molecule has 0 spiro atoms. The summed E-state index contributed by atoms with van der Waals surface area (Å²) in [5.74, 6) is 0.441. The van der Waals surface area contributed by atoms with Gasteiger partial charge in [0.2, 0.25) is 5.91 Å². The molecule has 6 nitrogen and oxygen atoms in total. The van der Waals surface area contributed by atoms with E-state index in [9.17, 15) is 9.18 Å². The maximum absolute atomic E-state index is 13.3. The van der Waals surface area contributed by atoms with Gasteiger partial charge >= 0.3 is 0 Å². The van der Waals surface area contributed by atoms with E-state index in [1.807, 2.05) is 31.2 Å². The molecule has 1 aromatic heterocycles. The molecular formula is C19H18FN3O3S. The van der Waals surface area contributed by atoms with Gasteiger partial charge < -0.3 is 14.5 Å². The SMILES string of the molecule is Cc1ccc(F)cc1NC(=O)CSc1nnc(COc2ccccc2C)o1. The summed E-state index contributed by atoms with van der Waals surface area (Å²) in [6.45, 7) is 3.89. The highest BCUT2D eigenvalue weighted by atomic mass is 32.2. The van der Waals surface area contributed by atoms with Gasteiger partial charge in [-0.05, 0) is 43.2 Å². The third-order valence-corrected chi connectivity index (χ3v) is 4.51. The molecule has 1 N–H and O–H groups in total. The zero-order valence-electron chi connectivity index (χ0n) is 14.9. The first-order valence-electron chi connectivity index (χ1n) is 8.21. The standard InChI is InChI=1S/C19H18FN3O3S/c1-12-7-8-14(20)9-15(12)21-17(24)11-27-19-23-22-18(26-19)10-25-16-6-4-3-5-13(16)2/h3-9H,10-11H2,1-2H3,(H,21,24). The van der Waals surface area contributed by atoms with E-state index in [4.69, 9.17) is 9.15 Å². The van der Waals surface area contributed by atoms with Crippen LogP contribution >= 0.6 is 11.8 Å². The van der Waals surface area contributed by atoms with Gasteiger partial charge in [-0.1, -0.05) is 36.0 Å². The number of para-hydroxylation sites is 1. The lowest BCUT2D eigenvalue weighted by molar-refractivity contribution is -0.113. The third kappa shape index (κ3) is 5.30.